The van der Waals surface area contributed by atoms with E-state index >= 15 is 0 Å². The highest BCUT2D eigenvalue weighted by atomic mass is 16.5. The number of carbonyl (C=O) groups excluding carboxylic acids is 3. The number of esters is 1. The standard InChI is InChI=1S/C22H32O4/c1-13(23)20(25)26-15-8-10-21(2)14(12-15)4-5-16-17-6-7-19(24)22(17,3)11-9-18(16)21/h14-18H,4-12H2,1-3H3/t14-,15-,16-,17-,18-,21-,22-/m0/s1. The summed E-state index contributed by atoms with van der Waals surface area (Å²) in [6, 6.07) is 0. The number of rotatable bonds is 2. The first kappa shape index (κ1) is 18.2. The molecule has 144 valence electrons. The van der Waals surface area contributed by atoms with Crippen LogP contribution >= 0.6 is 0 Å². The van der Waals surface area contributed by atoms with Crippen LogP contribution in [0.1, 0.15) is 78.6 Å². The first-order chi connectivity index (χ1) is 12.3. The van der Waals surface area contributed by atoms with E-state index in [-0.39, 0.29) is 11.5 Å². The van der Waals surface area contributed by atoms with Crippen LogP contribution in [0.3, 0.4) is 0 Å². The van der Waals surface area contributed by atoms with Gasteiger partial charge in [0.2, 0.25) is 5.78 Å². The molecule has 0 amide bonds. The van der Waals surface area contributed by atoms with Gasteiger partial charge in [0, 0.05) is 18.8 Å². The van der Waals surface area contributed by atoms with Gasteiger partial charge in [-0.3, -0.25) is 9.59 Å². The Kier molecular flexibility index (Phi) is 4.32. The van der Waals surface area contributed by atoms with Gasteiger partial charge in [-0.1, -0.05) is 13.8 Å². The van der Waals surface area contributed by atoms with Crippen LogP contribution in [-0.2, 0) is 19.1 Å². The Balaban J connectivity index is 1.50. The van der Waals surface area contributed by atoms with Crippen molar-refractivity contribution >= 4 is 17.5 Å². The number of fused-ring (bicyclic) bond motifs is 5. The number of ether oxygens (including phenoxy) is 1. The van der Waals surface area contributed by atoms with Crippen LogP contribution < -0.4 is 0 Å². The molecule has 4 aliphatic carbocycles. The molecule has 0 spiro atoms. The molecular formula is C22H32O4. The lowest BCUT2D eigenvalue weighted by atomic mass is 9.45. The van der Waals surface area contributed by atoms with Gasteiger partial charge in [0.1, 0.15) is 11.9 Å². The second-order valence-electron chi connectivity index (χ2n) is 9.93. The fourth-order valence-electron chi connectivity index (χ4n) is 7.33. The first-order valence-electron chi connectivity index (χ1n) is 10.5. The van der Waals surface area contributed by atoms with Crippen molar-refractivity contribution in [2.75, 3.05) is 0 Å². The molecule has 4 rings (SSSR count). The Labute approximate surface area is 156 Å². The van der Waals surface area contributed by atoms with E-state index in [2.05, 4.69) is 13.8 Å². The van der Waals surface area contributed by atoms with Crippen LogP contribution in [0.4, 0.5) is 0 Å². The lowest BCUT2D eigenvalue weighted by molar-refractivity contribution is -0.166. The van der Waals surface area contributed by atoms with E-state index in [1.54, 1.807) is 0 Å². The number of hydrogen-bond acceptors (Lipinski definition) is 4. The van der Waals surface area contributed by atoms with Crippen LogP contribution in [0.2, 0.25) is 0 Å². The van der Waals surface area contributed by atoms with E-state index in [0.29, 0.717) is 34.9 Å². The van der Waals surface area contributed by atoms with E-state index in [1.165, 1.54) is 26.2 Å². The third-order valence-corrected chi connectivity index (χ3v) is 8.89. The number of ketones is 2. The summed E-state index contributed by atoms with van der Waals surface area (Å²) in [6.07, 6.45) is 9.25. The van der Waals surface area contributed by atoms with E-state index in [1.807, 2.05) is 0 Å². The van der Waals surface area contributed by atoms with Crippen molar-refractivity contribution in [3.8, 4) is 0 Å². The van der Waals surface area contributed by atoms with Crippen molar-refractivity contribution < 1.29 is 19.1 Å². The summed E-state index contributed by atoms with van der Waals surface area (Å²) >= 11 is 0. The summed E-state index contributed by atoms with van der Waals surface area (Å²) in [5.74, 6) is 1.88. The summed E-state index contributed by atoms with van der Waals surface area (Å²) in [6.45, 7) is 5.97. The molecular weight excluding hydrogens is 328 g/mol. The molecule has 0 unspecified atom stereocenters. The molecule has 0 bridgehead atoms. The fourth-order valence-corrected chi connectivity index (χ4v) is 7.33. The third-order valence-electron chi connectivity index (χ3n) is 8.89. The quantitative estimate of drug-likeness (QED) is 0.549. The maximum Gasteiger partial charge on any atom is 0.374 e. The number of carbonyl (C=O) groups is 3. The Bertz CT molecular complexity index is 640. The Morgan fingerprint density at radius 3 is 2.50 bits per heavy atom. The Morgan fingerprint density at radius 2 is 1.77 bits per heavy atom. The minimum atomic E-state index is -0.676. The minimum absolute atomic E-state index is 0.0570. The highest BCUT2D eigenvalue weighted by molar-refractivity contribution is 6.32. The molecule has 0 aromatic rings. The summed E-state index contributed by atoms with van der Waals surface area (Å²) in [5, 5.41) is 0. The molecule has 0 heterocycles. The normalized spacial score (nSPS) is 47.5. The highest BCUT2D eigenvalue weighted by Gasteiger charge is 2.60. The van der Waals surface area contributed by atoms with Crippen molar-refractivity contribution in [3.63, 3.8) is 0 Å². The first-order valence-corrected chi connectivity index (χ1v) is 10.5. The van der Waals surface area contributed by atoms with Gasteiger partial charge in [0.05, 0.1) is 0 Å². The molecule has 0 N–H and O–H groups in total. The predicted octanol–water partition coefficient (Wildman–Crippen LogP) is 4.10. The van der Waals surface area contributed by atoms with E-state index in [0.717, 1.165) is 38.5 Å². The molecule has 4 aliphatic rings. The van der Waals surface area contributed by atoms with Gasteiger partial charge in [0.15, 0.2) is 0 Å². The van der Waals surface area contributed by atoms with E-state index in [4.69, 9.17) is 4.74 Å². The molecule has 0 saturated heterocycles. The minimum Gasteiger partial charge on any atom is -0.457 e. The third kappa shape index (κ3) is 2.58. The maximum atomic E-state index is 12.5. The summed E-state index contributed by atoms with van der Waals surface area (Å²) in [5.41, 5.74) is 0.244. The molecule has 4 saturated carbocycles. The summed E-state index contributed by atoms with van der Waals surface area (Å²) in [4.78, 5) is 35.4. The van der Waals surface area contributed by atoms with Crippen molar-refractivity contribution in [2.24, 2.45) is 34.5 Å². The molecule has 4 fully saturated rings. The van der Waals surface area contributed by atoms with Gasteiger partial charge in [-0.15, -0.1) is 0 Å². The fraction of sp³-hybridized carbons (Fsp3) is 0.864. The van der Waals surface area contributed by atoms with Gasteiger partial charge in [0.25, 0.3) is 0 Å². The largest absolute Gasteiger partial charge is 0.457 e. The topological polar surface area (TPSA) is 60.4 Å². The average Bonchev–Trinajstić information content (AvgIpc) is 2.90. The van der Waals surface area contributed by atoms with Gasteiger partial charge in [-0.2, -0.15) is 0 Å². The van der Waals surface area contributed by atoms with Crippen molar-refractivity contribution in [1.82, 2.24) is 0 Å². The smallest absolute Gasteiger partial charge is 0.374 e. The second kappa shape index (κ2) is 6.17. The zero-order chi connectivity index (χ0) is 18.7. The monoisotopic (exact) mass is 360 g/mol. The Morgan fingerprint density at radius 1 is 1.00 bits per heavy atom. The number of Topliss-reactive ketones (excluding diaryl/α,β-unsaturated/α-hetero) is 2. The lowest BCUT2D eigenvalue weighted by Gasteiger charge is -2.60. The number of hydrogen-bond donors (Lipinski definition) is 0. The van der Waals surface area contributed by atoms with Crippen LogP contribution in [-0.4, -0.2) is 23.6 Å². The van der Waals surface area contributed by atoms with E-state index < -0.39 is 11.8 Å². The lowest BCUT2D eigenvalue weighted by Crippen LogP contribution is -2.54. The SMILES string of the molecule is CC(=O)C(=O)O[C@H]1CC[C@@]2(C)[C@@H](CC[C@@H]3[C@@H]2CC[C@]2(C)C(=O)CC[C@@H]32)C1. The molecule has 26 heavy (non-hydrogen) atoms. The second-order valence-corrected chi connectivity index (χ2v) is 9.93. The van der Waals surface area contributed by atoms with Crippen LogP contribution in [0.5, 0.6) is 0 Å². The predicted molar refractivity (Wildman–Crippen MR) is 97.3 cm³/mol. The molecule has 0 aliphatic heterocycles. The van der Waals surface area contributed by atoms with Gasteiger partial charge in [-0.05, 0) is 80.5 Å². The molecule has 0 aromatic carbocycles. The molecule has 7 atom stereocenters. The van der Waals surface area contributed by atoms with Gasteiger partial charge in [-0.25, -0.2) is 4.79 Å². The zero-order valence-electron chi connectivity index (χ0n) is 16.4. The molecule has 4 nitrogen and oxygen atoms in total. The maximum absolute atomic E-state index is 12.5. The van der Waals surface area contributed by atoms with Gasteiger partial charge < -0.3 is 4.74 Å². The highest BCUT2D eigenvalue weighted by Crippen LogP contribution is 2.65. The summed E-state index contributed by atoms with van der Waals surface area (Å²) < 4.78 is 5.45. The van der Waals surface area contributed by atoms with Gasteiger partial charge >= 0.3 is 5.97 Å². The van der Waals surface area contributed by atoms with Crippen LogP contribution in [0.25, 0.3) is 0 Å². The van der Waals surface area contributed by atoms with Crippen LogP contribution in [0, 0.1) is 34.5 Å². The van der Waals surface area contributed by atoms with Crippen molar-refractivity contribution in [3.05, 3.63) is 0 Å². The molecule has 0 radical (unpaired) electrons. The zero-order valence-corrected chi connectivity index (χ0v) is 16.4. The van der Waals surface area contributed by atoms with Crippen LogP contribution in [0.15, 0.2) is 0 Å². The summed E-state index contributed by atoms with van der Waals surface area (Å²) in [7, 11) is 0. The Hall–Kier alpha value is -1.19. The van der Waals surface area contributed by atoms with Crippen molar-refractivity contribution in [1.29, 1.82) is 0 Å². The molecule has 0 aromatic heterocycles. The molecule has 4 heteroatoms. The van der Waals surface area contributed by atoms with Crippen molar-refractivity contribution in [2.45, 2.75) is 84.7 Å². The average molecular weight is 360 g/mol. The van der Waals surface area contributed by atoms with E-state index in [9.17, 15) is 14.4 Å².